The standard InChI is InChI=1S/C22H21N5O4/c1-27-19(9-11-24-27)17-13-16(7-8-20(17)29-12-10-23)25-22(28)30-21-14-18(26-31-21)15-5-3-2-4-6-15/h2-9,11,13-14H,10,12,23H2,1H3,(H,25,28). The molecule has 0 saturated heterocycles. The van der Waals surface area contributed by atoms with Crippen LogP contribution >= 0.6 is 0 Å². The van der Waals surface area contributed by atoms with Gasteiger partial charge in [-0.15, -0.1) is 0 Å². The average Bonchev–Trinajstić information content (AvgIpc) is 3.42. The number of ether oxygens (including phenoxy) is 2. The van der Waals surface area contributed by atoms with E-state index in [1.165, 1.54) is 0 Å². The van der Waals surface area contributed by atoms with Crippen molar-refractivity contribution >= 4 is 11.8 Å². The number of aromatic nitrogens is 3. The topological polar surface area (TPSA) is 117 Å². The van der Waals surface area contributed by atoms with Crippen molar-refractivity contribution in [2.45, 2.75) is 0 Å². The highest BCUT2D eigenvalue weighted by molar-refractivity contribution is 5.88. The Morgan fingerprint density at radius 2 is 2.00 bits per heavy atom. The number of amides is 1. The van der Waals surface area contributed by atoms with Crippen LogP contribution in [0, 0.1) is 0 Å². The zero-order chi connectivity index (χ0) is 21.6. The van der Waals surface area contributed by atoms with E-state index in [-0.39, 0.29) is 5.95 Å². The number of hydrogen-bond acceptors (Lipinski definition) is 7. The van der Waals surface area contributed by atoms with Crippen LogP contribution in [0.2, 0.25) is 0 Å². The molecule has 2 aromatic heterocycles. The van der Waals surface area contributed by atoms with E-state index in [1.807, 2.05) is 43.4 Å². The Balaban J connectivity index is 1.49. The summed E-state index contributed by atoms with van der Waals surface area (Å²) >= 11 is 0. The molecule has 31 heavy (non-hydrogen) atoms. The van der Waals surface area contributed by atoms with Gasteiger partial charge in [0.25, 0.3) is 0 Å². The van der Waals surface area contributed by atoms with Gasteiger partial charge in [0.05, 0.1) is 11.8 Å². The van der Waals surface area contributed by atoms with Crippen molar-refractivity contribution in [1.82, 2.24) is 14.9 Å². The first-order valence-electron chi connectivity index (χ1n) is 9.60. The van der Waals surface area contributed by atoms with Crippen molar-refractivity contribution in [3.63, 3.8) is 0 Å². The molecule has 0 aliphatic rings. The summed E-state index contributed by atoms with van der Waals surface area (Å²) in [5, 5.41) is 10.8. The first kappa shape index (κ1) is 20.2. The second kappa shape index (κ2) is 9.14. The number of nitrogens with zero attached hydrogens (tertiary/aromatic N) is 3. The summed E-state index contributed by atoms with van der Waals surface area (Å²) in [5.74, 6) is 0.627. The minimum atomic E-state index is -0.706. The van der Waals surface area contributed by atoms with Gasteiger partial charge < -0.3 is 19.7 Å². The molecule has 0 unspecified atom stereocenters. The summed E-state index contributed by atoms with van der Waals surface area (Å²) < 4.78 is 17.8. The molecule has 0 aliphatic carbocycles. The van der Waals surface area contributed by atoms with Crippen molar-refractivity contribution in [1.29, 1.82) is 0 Å². The summed E-state index contributed by atoms with van der Waals surface area (Å²) in [6.07, 6.45) is 0.979. The van der Waals surface area contributed by atoms with Crippen LogP contribution < -0.4 is 20.5 Å². The third-order valence-electron chi connectivity index (χ3n) is 4.45. The number of aryl methyl sites for hydroxylation is 1. The predicted molar refractivity (Wildman–Crippen MR) is 115 cm³/mol. The normalized spacial score (nSPS) is 10.6. The molecule has 1 amide bonds. The Morgan fingerprint density at radius 1 is 1.16 bits per heavy atom. The predicted octanol–water partition coefficient (Wildman–Crippen LogP) is 3.69. The first-order valence-corrected chi connectivity index (χ1v) is 9.60. The molecule has 2 heterocycles. The maximum atomic E-state index is 12.4. The molecule has 0 spiro atoms. The van der Waals surface area contributed by atoms with Gasteiger partial charge in [-0.25, -0.2) is 4.79 Å². The van der Waals surface area contributed by atoms with E-state index in [2.05, 4.69) is 15.6 Å². The van der Waals surface area contributed by atoms with E-state index in [0.717, 1.165) is 16.8 Å². The number of anilines is 1. The number of carbonyl (C=O) groups excluding carboxylic acids is 1. The molecule has 0 saturated carbocycles. The molecule has 3 N–H and O–H groups in total. The third-order valence-corrected chi connectivity index (χ3v) is 4.45. The largest absolute Gasteiger partial charge is 0.492 e. The van der Waals surface area contributed by atoms with Gasteiger partial charge in [0.1, 0.15) is 18.1 Å². The first-order chi connectivity index (χ1) is 15.1. The highest BCUT2D eigenvalue weighted by atomic mass is 16.7. The van der Waals surface area contributed by atoms with E-state index in [9.17, 15) is 4.79 Å². The van der Waals surface area contributed by atoms with E-state index in [0.29, 0.717) is 30.3 Å². The maximum Gasteiger partial charge on any atom is 0.419 e. The van der Waals surface area contributed by atoms with Gasteiger partial charge in [-0.05, 0) is 24.3 Å². The molecule has 0 atom stereocenters. The summed E-state index contributed by atoms with van der Waals surface area (Å²) in [7, 11) is 1.82. The highest BCUT2D eigenvalue weighted by Gasteiger charge is 2.15. The summed E-state index contributed by atoms with van der Waals surface area (Å²) in [6.45, 7) is 0.758. The van der Waals surface area contributed by atoms with Crippen molar-refractivity contribution < 1.29 is 18.8 Å². The van der Waals surface area contributed by atoms with Gasteiger partial charge in [0, 0.05) is 36.6 Å². The molecule has 158 valence electrons. The number of benzene rings is 2. The lowest BCUT2D eigenvalue weighted by molar-refractivity contribution is 0.195. The number of rotatable bonds is 7. The molecule has 0 radical (unpaired) electrons. The van der Waals surface area contributed by atoms with Crippen molar-refractivity contribution in [2.24, 2.45) is 12.8 Å². The summed E-state index contributed by atoms with van der Waals surface area (Å²) in [4.78, 5) is 12.4. The van der Waals surface area contributed by atoms with Crippen LogP contribution in [-0.2, 0) is 7.05 Å². The van der Waals surface area contributed by atoms with Crippen LogP contribution in [-0.4, -0.2) is 34.2 Å². The Bertz CT molecular complexity index is 1170. The van der Waals surface area contributed by atoms with Gasteiger partial charge in [-0.1, -0.05) is 35.5 Å². The fourth-order valence-electron chi connectivity index (χ4n) is 3.03. The zero-order valence-corrected chi connectivity index (χ0v) is 16.8. The van der Waals surface area contributed by atoms with Crippen molar-refractivity contribution in [3.8, 4) is 34.2 Å². The van der Waals surface area contributed by atoms with Gasteiger partial charge in [0.2, 0.25) is 0 Å². The second-order valence-corrected chi connectivity index (χ2v) is 6.60. The van der Waals surface area contributed by atoms with Gasteiger partial charge in [0.15, 0.2) is 0 Å². The molecule has 4 aromatic rings. The van der Waals surface area contributed by atoms with E-state index < -0.39 is 6.09 Å². The lowest BCUT2D eigenvalue weighted by atomic mass is 10.1. The fraction of sp³-hybridized carbons (Fsp3) is 0.136. The number of nitrogens with two attached hydrogens (primary N) is 1. The van der Waals surface area contributed by atoms with Crippen molar-refractivity contribution in [3.05, 3.63) is 66.9 Å². The Kier molecular flexibility index (Phi) is 5.95. The fourth-order valence-corrected chi connectivity index (χ4v) is 3.03. The molecule has 9 nitrogen and oxygen atoms in total. The SMILES string of the molecule is Cn1nccc1-c1cc(NC(=O)Oc2cc(-c3ccccc3)no2)ccc1OCCN. The van der Waals surface area contributed by atoms with E-state index in [4.69, 9.17) is 19.7 Å². The Hall–Kier alpha value is -4.11. The van der Waals surface area contributed by atoms with Crippen molar-refractivity contribution in [2.75, 3.05) is 18.5 Å². The van der Waals surface area contributed by atoms with Crippen LogP contribution in [0.4, 0.5) is 10.5 Å². The lowest BCUT2D eigenvalue weighted by Crippen LogP contribution is -2.16. The molecular weight excluding hydrogens is 398 g/mol. The quantitative estimate of drug-likeness (QED) is 0.469. The number of hydrogen-bond donors (Lipinski definition) is 2. The number of carbonyl (C=O) groups is 1. The molecular formula is C22H21N5O4. The van der Waals surface area contributed by atoms with Crippen LogP contribution in [0.15, 0.2) is 71.4 Å². The minimum absolute atomic E-state index is 0.00823. The highest BCUT2D eigenvalue weighted by Crippen LogP contribution is 2.32. The van der Waals surface area contributed by atoms with E-state index >= 15 is 0 Å². The molecule has 0 aliphatic heterocycles. The van der Waals surface area contributed by atoms with E-state index in [1.54, 1.807) is 35.1 Å². The van der Waals surface area contributed by atoms with Crippen LogP contribution in [0.1, 0.15) is 0 Å². The summed E-state index contributed by atoms with van der Waals surface area (Å²) in [6, 6.07) is 18.1. The zero-order valence-electron chi connectivity index (χ0n) is 16.8. The molecule has 4 rings (SSSR count). The second-order valence-electron chi connectivity index (χ2n) is 6.60. The molecule has 0 fully saturated rings. The Morgan fingerprint density at radius 3 is 2.74 bits per heavy atom. The molecule has 9 heteroatoms. The molecule has 0 bridgehead atoms. The van der Waals surface area contributed by atoms with Crippen LogP contribution in [0.25, 0.3) is 22.5 Å². The van der Waals surface area contributed by atoms with Gasteiger partial charge in [-0.3, -0.25) is 10.00 Å². The lowest BCUT2D eigenvalue weighted by Gasteiger charge is -2.13. The monoisotopic (exact) mass is 419 g/mol. The minimum Gasteiger partial charge on any atom is -0.492 e. The Labute approximate surface area is 178 Å². The third kappa shape index (κ3) is 4.73. The smallest absolute Gasteiger partial charge is 0.419 e. The molecule has 2 aromatic carbocycles. The van der Waals surface area contributed by atoms with Crippen LogP contribution in [0.5, 0.6) is 11.7 Å². The number of nitrogens with one attached hydrogen (secondary N) is 1. The maximum absolute atomic E-state index is 12.4. The van der Waals surface area contributed by atoms with Gasteiger partial charge in [-0.2, -0.15) is 5.10 Å². The summed E-state index contributed by atoms with van der Waals surface area (Å²) in [5.41, 5.74) is 9.09. The van der Waals surface area contributed by atoms with Gasteiger partial charge >= 0.3 is 12.0 Å². The van der Waals surface area contributed by atoms with Crippen LogP contribution in [0.3, 0.4) is 0 Å². The average molecular weight is 419 g/mol.